The maximum atomic E-state index is 11.7. The number of hydrogen-bond donors (Lipinski definition) is 5. The number of nitrogens with one attached hydrogen (secondary N) is 1. The molecule has 0 radical (unpaired) electrons. The molecule has 0 spiro atoms. The Morgan fingerprint density at radius 3 is 2.76 bits per heavy atom. The third-order valence-corrected chi connectivity index (χ3v) is 3.80. The van der Waals surface area contributed by atoms with Crippen molar-refractivity contribution < 1.29 is 20.1 Å². The zero-order valence-corrected chi connectivity index (χ0v) is 11.3. The number of aromatic nitrogens is 4. The fourth-order valence-electron chi connectivity index (χ4n) is 2.57. The summed E-state index contributed by atoms with van der Waals surface area (Å²) in [5.41, 5.74) is 2.60. The van der Waals surface area contributed by atoms with Gasteiger partial charge in [0, 0.05) is 0 Å². The molecule has 4 atom stereocenters. The molecule has 1 saturated heterocycles. The van der Waals surface area contributed by atoms with Gasteiger partial charge in [0.05, 0.1) is 12.3 Å². The predicted molar refractivity (Wildman–Crippen MR) is 69.1 cm³/mol. The number of aliphatic hydroxyl groups is 3. The molecular weight excluding hydrogens is 282 g/mol. The Labute approximate surface area is 117 Å². The van der Waals surface area contributed by atoms with E-state index in [-0.39, 0.29) is 17.3 Å². The van der Waals surface area contributed by atoms with Crippen molar-refractivity contribution >= 4 is 11.6 Å². The van der Waals surface area contributed by atoms with Crippen molar-refractivity contribution in [1.29, 1.82) is 0 Å². The summed E-state index contributed by atoms with van der Waals surface area (Å²) in [4.78, 5) is 17.8. The van der Waals surface area contributed by atoms with Crippen molar-refractivity contribution in [3.05, 3.63) is 22.2 Å². The average molecular weight is 297 g/mol. The van der Waals surface area contributed by atoms with Crippen LogP contribution in [0.3, 0.4) is 0 Å². The number of rotatable bonds is 1. The molecule has 6 N–H and O–H groups in total. The summed E-state index contributed by atoms with van der Waals surface area (Å²) in [5, 5.41) is 34.9. The van der Waals surface area contributed by atoms with Crippen LogP contribution in [0.25, 0.3) is 5.65 Å². The number of H-pyrrole nitrogens is 1. The molecule has 2 aromatic heterocycles. The first-order valence-electron chi connectivity index (χ1n) is 6.23. The van der Waals surface area contributed by atoms with E-state index in [1.54, 1.807) is 0 Å². The molecule has 21 heavy (non-hydrogen) atoms. The van der Waals surface area contributed by atoms with E-state index in [1.807, 2.05) is 0 Å². The third kappa shape index (κ3) is 1.64. The molecule has 2 aromatic rings. The van der Waals surface area contributed by atoms with E-state index in [2.05, 4.69) is 15.1 Å². The number of nitrogens with two attached hydrogens (primary N) is 1. The van der Waals surface area contributed by atoms with Gasteiger partial charge in [-0.2, -0.15) is 0 Å². The van der Waals surface area contributed by atoms with Gasteiger partial charge in [0.25, 0.3) is 5.56 Å². The van der Waals surface area contributed by atoms with Gasteiger partial charge < -0.3 is 25.8 Å². The minimum atomic E-state index is -2.29. The molecule has 0 bridgehead atoms. The number of hydrogen-bond acceptors (Lipinski definition) is 8. The number of fused-ring (bicyclic) bond motifs is 1. The number of anilines is 1. The SMILES string of the molecule is CC1O[C@@](O)(c2cnc3c(=O)[nH]c(N)nn23)[C@](C)(O)[C@@H]1O. The highest BCUT2D eigenvalue weighted by Gasteiger charge is 2.63. The Bertz CT molecular complexity index is 768. The average Bonchev–Trinajstić information content (AvgIpc) is 2.86. The second-order valence-corrected chi connectivity index (χ2v) is 5.28. The fourth-order valence-corrected chi connectivity index (χ4v) is 2.57. The van der Waals surface area contributed by atoms with E-state index in [1.165, 1.54) is 13.8 Å². The molecule has 10 nitrogen and oxygen atoms in total. The Hall–Kier alpha value is -2.01. The number of imidazole rings is 1. The summed E-state index contributed by atoms with van der Waals surface area (Å²) >= 11 is 0. The van der Waals surface area contributed by atoms with Gasteiger partial charge in [-0.05, 0) is 13.8 Å². The highest BCUT2D eigenvalue weighted by Crippen LogP contribution is 2.44. The molecule has 0 saturated carbocycles. The first-order valence-corrected chi connectivity index (χ1v) is 6.23. The normalized spacial score (nSPS) is 36.4. The van der Waals surface area contributed by atoms with Crippen molar-refractivity contribution in [1.82, 2.24) is 19.6 Å². The number of nitrogen functional groups attached to an aromatic ring is 1. The van der Waals surface area contributed by atoms with Crippen LogP contribution < -0.4 is 11.3 Å². The van der Waals surface area contributed by atoms with Crippen molar-refractivity contribution in [2.45, 2.75) is 37.4 Å². The number of aliphatic hydroxyl groups excluding tert-OH is 1. The van der Waals surface area contributed by atoms with Crippen LogP contribution >= 0.6 is 0 Å². The quantitative estimate of drug-likeness (QED) is 0.392. The van der Waals surface area contributed by atoms with Crippen LogP contribution in [0.4, 0.5) is 5.95 Å². The van der Waals surface area contributed by atoms with Crippen molar-refractivity contribution in [2.75, 3.05) is 5.73 Å². The lowest BCUT2D eigenvalue weighted by atomic mass is 9.88. The van der Waals surface area contributed by atoms with E-state index in [9.17, 15) is 20.1 Å². The minimum Gasteiger partial charge on any atom is -0.387 e. The third-order valence-electron chi connectivity index (χ3n) is 3.80. The standard InChI is InChI=1S/C11H15N5O5/c1-4-6(17)10(2,19)11(20,21-4)5-3-13-7-8(18)14-9(12)15-16(5)7/h3-4,6,17,19-20H,1-2H3,(H3,12,14,15,18)/t4?,6-,10-,11+/m1/s1. The van der Waals surface area contributed by atoms with E-state index >= 15 is 0 Å². The van der Waals surface area contributed by atoms with Crippen LogP contribution in [0.15, 0.2) is 11.0 Å². The highest BCUT2D eigenvalue weighted by molar-refractivity contribution is 5.40. The fraction of sp³-hybridized carbons (Fsp3) is 0.545. The number of nitrogens with zero attached hydrogens (tertiary/aromatic N) is 3. The van der Waals surface area contributed by atoms with Gasteiger partial charge in [0.1, 0.15) is 17.4 Å². The molecule has 114 valence electrons. The summed E-state index contributed by atoms with van der Waals surface area (Å²) in [6.07, 6.45) is -1.04. The van der Waals surface area contributed by atoms with Gasteiger partial charge in [-0.3, -0.25) is 9.78 Å². The van der Waals surface area contributed by atoms with Crippen LogP contribution in [-0.4, -0.2) is 52.7 Å². The topological polar surface area (TPSA) is 159 Å². The Morgan fingerprint density at radius 2 is 2.19 bits per heavy atom. The summed E-state index contributed by atoms with van der Waals surface area (Å²) in [6.45, 7) is 2.71. The zero-order valence-electron chi connectivity index (χ0n) is 11.3. The van der Waals surface area contributed by atoms with Crippen molar-refractivity contribution in [2.24, 2.45) is 0 Å². The Balaban J connectivity index is 2.28. The molecule has 1 aliphatic heterocycles. The summed E-state index contributed by atoms with van der Waals surface area (Å²) in [6, 6.07) is 0. The molecule has 0 aliphatic carbocycles. The molecule has 1 fully saturated rings. The van der Waals surface area contributed by atoms with Gasteiger partial charge in [-0.1, -0.05) is 0 Å². The first kappa shape index (κ1) is 13.9. The second kappa shape index (κ2) is 4.01. The number of aromatic amines is 1. The first-order chi connectivity index (χ1) is 9.68. The summed E-state index contributed by atoms with van der Waals surface area (Å²) in [5.74, 6) is -2.49. The monoisotopic (exact) mass is 297 g/mol. The van der Waals surface area contributed by atoms with Crippen LogP contribution in [0.5, 0.6) is 0 Å². The molecule has 1 aliphatic rings. The number of ether oxygens (including phenoxy) is 1. The zero-order chi connectivity index (χ0) is 15.6. The highest BCUT2D eigenvalue weighted by atomic mass is 16.7. The molecule has 0 aromatic carbocycles. The molecule has 3 rings (SSSR count). The molecular formula is C11H15N5O5. The van der Waals surface area contributed by atoms with Crippen LogP contribution in [-0.2, 0) is 10.5 Å². The van der Waals surface area contributed by atoms with Gasteiger partial charge in [0.15, 0.2) is 0 Å². The largest absolute Gasteiger partial charge is 0.387 e. The van der Waals surface area contributed by atoms with Gasteiger partial charge in [-0.25, -0.2) is 9.50 Å². The molecule has 0 amide bonds. The lowest BCUT2D eigenvalue weighted by molar-refractivity contribution is -0.273. The van der Waals surface area contributed by atoms with Crippen LogP contribution in [0, 0.1) is 0 Å². The van der Waals surface area contributed by atoms with Crippen molar-refractivity contribution in [3.63, 3.8) is 0 Å². The lowest BCUT2D eigenvalue weighted by Crippen LogP contribution is -2.52. The Morgan fingerprint density at radius 1 is 1.52 bits per heavy atom. The maximum Gasteiger partial charge on any atom is 0.295 e. The van der Waals surface area contributed by atoms with E-state index < -0.39 is 29.2 Å². The predicted octanol–water partition coefficient (Wildman–Crippen LogP) is -2.32. The van der Waals surface area contributed by atoms with Crippen LogP contribution in [0.2, 0.25) is 0 Å². The molecule has 1 unspecified atom stereocenters. The van der Waals surface area contributed by atoms with Crippen LogP contribution in [0.1, 0.15) is 19.5 Å². The lowest BCUT2D eigenvalue weighted by Gasteiger charge is -2.33. The van der Waals surface area contributed by atoms with Gasteiger partial charge in [-0.15, -0.1) is 5.10 Å². The molecule has 10 heteroatoms. The Kier molecular flexibility index (Phi) is 2.66. The van der Waals surface area contributed by atoms with Gasteiger partial charge >= 0.3 is 0 Å². The smallest absolute Gasteiger partial charge is 0.295 e. The van der Waals surface area contributed by atoms with E-state index in [4.69, 9.17) is 10.5 Å². The summed E-state index contributed by atoms with van der Waals surface area (Å²) in [7, 11) is 0. The van der Waals surface area contributed by atoms with Gasteiger partial charge in [0.2, 0.25) is 17.4 Å². The van der Waals surface area contributed by atoms with Crippen molar-refractivity contribution in [3.8, 4) is 0 Å². The minimum absolute atomic E-state index is 0.108. The molecule has 3 heterocycles. The second-order valence-electron chi connectivity index (χ2n) is 5.28. The maximum absolute atomic E-state index is 11.7. The van der Waals surface area contributed by atoms with E-state index in [0.717, 1.165) is 10.7 Å². The van der Waals surface area contributed by atoms with E-state index in [0.29, 0.717) is 0 Å². The summed E-state index contributed by atoms with van der Waals surface area (Å²) < 4.78 is 6.29.